The van der Waals surface area contributed by atoms with Gasteiger partial charge in [-0.25, -0.2) is 4.39 Å². The molecule has 6 heteroatoms. The SMILES string of the molecule is CNCC1CCN(C(=O)c2cn[nH]c2-c2ccccc2F)C1. The summed E-state index contributed by atoms with van der Waals surface area (Å²) in [6.07, 6.45) is 2.47. The Morgan fingerprint density at radius 1 is 1.50 bits per heavy atom. The minimum Gasteiger partial charge on any atom is -0.338 e. The largest absolute Gasteiger partial charge is 0.338 e. The van der Waals surface area contributed by atoms with Crippen molar-refractivity contribution >= 4 is 5.91 Å². The minimum atomic E-state index is -0.365. The van der Waals surface area contributed by atoms with Gasteiger partial charge in [-0.2, -0.15) is 5.10 Å². The number of amides is 1. The molecule has 1 unspecified atom stereocenters. The predicted octanol–water partition coefficient (Wildman–Crippen LogP) is 1.90. The Labute approximate surface area is 128 Å². The van der Waals surface area contributed by atoms with Crippen LogP contribution < -0.4 is 5.32 Å². The van der Waals surface area contributed by atoms with E-state index in [4.69, 9.17) is 0 Å². The molecule has 1 aromatic heterocycles. The van der Waals surface area contributed by atoms with Crippen LogP contribution in [-0.2, 0) is 0 Å². The molecule has 1 aromatic carbocycles. The number of benzene rings is 1. The molecule has 2 heterocycles. The lowest BCUT2D eigenvalue weighted by atomic mass is 10.1. The van der Waals surface area contributed by atoms with Crippen LogP contribution in [0.1, 0.15) is 16.8 Å². The zero-order valence-electron chi connectivity index (χ0n) is 12.5. The van der Waals surface area contributed by atoms with Crippen molar-refractivity contribution in [3.8, 4) is 11.3 Å². The van der Waals surface area contributed by atoms with E-state index >= 15 is 0 Å². The van der Waals surface area contributed by atoms with E-state index in [9.17, 15) is 9.18 Å². The van der Waals surface area contributed by atoms with Gasteiger partial charge in [-0.15, -0.1) is 0 Å². The second kappa shape index (κ2) is 6.27. The highest BCUT2D eigenvalue weighted by atomic mass is 19.1. The van der Waals surface area contributed by atoms with E-state index in [0.717, 1.165) is 26.1 Å². The van der Waals surface area contributed by atoms with E-state index in [1.165, 1.54) is 12.3 Å². The number of likely N-dealkylation sites (tertiary alicyclic amines) is 1. The van der Waals surface area contributed by atoms with Gasteiger partial charge in [-0.05, 0) is 38.1 Å². The lowest BCUT2D eigenvalue weighted by Gasteiger charge is -2.16. The fourth-order valence-electron chi connectivity index (χ4n) is 2.96. The van der Waals surface area contributed by atoms with E-state index in [1.807, 2.05) is 11.9 Å². The second-order valence-corrected chi connectivity index (χ2v) is 5.60. The summed E-state index contributed by atoms with van der Waals surface area (Å²) in [6.45, 7) is 2.35. The molecule has 0 spiro atoms. The molecule has 1 aliphatic rings. The van der Waals surface area contributed by atoms with Gasteiger partial charge in [0.2, 0.25) is 0 Å². The molecule has 1 aliphatic heterocycles. The average molecular weight is 302 g/mol. The maximum absolute atomic E-state index is 14.0. The quantitative estimate of drug-likeness (QED) is 0.907. The number of H-pyrrole nitrogens is 1. The van der Waals surface area contributed by atoms with Crippen molar-refractivity contribution in [2.75, 3.05) is 26.7 Å². The fraction of sp³-hybridized carbons (Fsp3) is 0.375. The molecule has 1 amide bonds. The highest BCUT2D eigenvalue weighted by Crippen LogP contribution is 2.26. The molecule has 2 aromatic rings. The first kappa shape index (κ1) is 14.7. The first-order valence-electron chi connectivity index (χ1n) is 7.43. The Balaban J connectivity index is 1.84. The number of hydrogen-bond acceptors (Lipinski definition) is 3. The summed E-state index contributed by atoms with van der Waals surface area (Å²) in [5.74, 6) is 0.0126. The number of carbonyl (C=O) groups excluding carboxylic acids is 1. The fourth-order valence-corrected chi connectivity index (χ4v) is 2.96. The van der Waals surface area contributed by atoms with Gasteiger partial charge in [-0.1, -0.05) is 12.1 Å². The monoisotopic (exact) mass is 302 g/mol. The molecule has 0 saturated carbocycles. The van der Waals surface area contributed by atoms with Crippen LogP contribution in [0.5, 0.6) is 0 Å². The summed E-state index contributed by atoms with van der Waals surface area (Å²) in [6, 6.07) is 6.39. The van der Waals surface area contributed by atoms with Gasteiger partial charge < -0.3 is 10.2 Å². The molecule has 1 saturated heterocycles. The second-order valence-electron chi connectivity index (χ2n) is 5.60. The molecule has 3 rings (SSSR count). The standard InChI is InChI=1S/C16H19FN4O/c1-18-8-11-6-7-21(10-11)16(22)13-9-19-20-15(13)12-4-2-3-5-14(12)17/h2-5,9,11,18H,6-8,10H2,1H3,(H,19,20). The third-order valence-electron chi connectivity index (χ3n) is 4.08. The lowest BCUT2D eigenvalue weighted by Crippen LogP contribution is -2.30. The Morgan fingerprint density at radius 2 is 2.32 bits per heavy atom. The third kappa shape index (κ3) is 2.74. The molecule has 1 atom stereocenters. The van der Waals surface area contributed by atoms with Crippen LogP contribution in [0.25, 0.3) is 11.3 Å². The molecule has 0 aliphatic carbocycles. The van der Waals surface area contributed by atoms with Crippen LogP contribution in [0.2, 0.25) is 0 Å². The van der Waals surface area contributed by atoms with Gasteiger partial charge in [0.1, 0.15) is 5.82 Å². The van der Waals surface area contributed by atoms with E-state index < -0.39 is 0 Å². The third-order valence-corrected chi connectivity index (χ3v) is 4.08. The van der Waals surface area contributed by atoms with Crippen LogP contribution in [0, 0.1) is 11.7 Å². The van der Waals surface area contributed by atoms with Crippen molar-refractivity contribution in [2.24, 2.45) is 5.92 Å². The number of carbonyl (C=O) groups is 1. The van der Waals surface area contributed by atoms with Gasteiger partial charge in [0.25, 0.3) is 5.91 Å². The maximum Gasteiger partial charge on any atom is 0.257 e. The number of aromatic nitrogens is 2. The Morgan fingerprint density at radius 3 is 3.09 bits per heavy atom. The normalized spacial score (nSPS) is 17.9. The lowest BCUT2D eigenvalue weighted by molar-refractivity contribution is 0.0788. The summed E-state index contributed by atoms with van der Waals surface area (Å²) in [5.41, 5.74) is 1.24. The molecular weight excluding hydrogens is 283 g/mol. The molecule has 5 nitrogen and oxygen atoms in total. The van der Waals surface area contributed by atoms with Crippen LogP contribution in [-0.4, -0.2) is 47.7 Å². The number of rotatable bonds is 4. The van der Waals surface area contributed by atoms with E-state index in [2.05, 4.69) is 15.5 Å². The molecule has 116 valence electrons. The first-order valence-corrected chi connectivity index (χ1v) is 7.43. The molecule has 22 heavy (non-hydrogen) atoms. The molecule has 2 N–H and O–H groups in total. The summed E-state index contributed by atoms with van der Waals surface area (Å²) in [7, 11) is 1.91. The van der Waals surface area contributed by atoms with Crippen molar-refractivity contribution < 1.29 is 9.18 Å². The van der Waals surface area contributed by atoms with Crippen molar-refractivity contribution in [3.05, 3.63) is 41.8 Å². The van der Waals surface area contributed by atoms with E-state index in [1.54, 1.807) is 18.2 Å². The average Bonchev–Trinajstić information content (AvgIpc) is 3.16. The van der Waals surface area contributed by atoms with Gasteiger partial charge in [0.05, 0.1) is 17.5 Å². The highest BCUT2D eigenvalue weighted by molar-refractivity contribution is 5.99. The molecule has 0 bridgehead atoms. The zero-order chi connectivity index (χ0) is 15.5. The zero-order valence-corrected chi connectivity index (χ0v) is 12.5. The molecular formula is C16H19FN4O. The summed E-state index contributed by atoms with van der Waals surface area (Å²) < 4.78 is 14.0. The first-order chi connectivity index (χ1) is 10.7. The van der Waals surface area contributed by atoms with Crippen LogP contribution in [0.3, 0.4) is 0 Å². The highest BCUT2D eigenvalue weighted by Gasteiger charge is 2.29. The number of nitrogens with one attached hydrogen (secondary N) is 2. The Bertz CT molecular complexity index is 670. The maximum atomic E-state index is 14.0. The Hall–Kier alpha value is -2.21. The van der Waals surface area contributed by atoms with Crippen molar-refractivity contribution in [3.63, 3.8) is 0 Å². The topological polar surface area (TPSA) is 61.0 Å². The van der Waals surface area contributed by atoms with E-state index in [0.29, 0.717) is 22.7 Å². The summed E-state index contributed by atoms with van der Waals surface area (Å²) >= 11 is 0. The van der Waals surface area contributed by atoms with Crippen molar-refractivity contribution in [1.82, 2.24) is 20.4 Å². The van der Waals surface area contributed by atoms with Crippen molar-refractivity contribution in [2.45, 2.75) is 6.42 Å². The minimum absolute atomic E-state index is 0.0920. The Kier molecular flexibility index (Phi) is 4.20. The molecule has 0 radical (unpaired) electrons. The number of nitrogens with zero attached hydrogens (tertiary/aromatic N) is 2. The number of halogens is 1. The van der Waals surface area contributed by atoms with Gasteiger partial charge in [0, 0.05) is 18.7 Å². The van der Waals surface area contributed by atoms with Gasteiger partial charge in [0.15, 0.2) is 0 Å². The summed E-state index contributed by atoms with van der Waals surface area (Å²) in [5, 5.41) is 9.83. The number of aromatic amines is 1. The smallest absolute Gasteiger partial charge is 0.257 e. The predicted molar refractivity (Wildman–Crippen MR) is 81.9 cm³/mol. The van der Waals surface area contributed by atoms with Gasteiger partial charge in [-0.3, -0.25) is 9.89 Å². The van der Waals surface area contributed by atoms with Crippen molar-refractivity contribution in [1.29, 1.82) is 0 Å². The van der Waals surface area contributed by atoms with E-state index in [-0.39, 0.29) is 11.7 Å². The van der Waals surface area contributed by atoms with Crippen LogP contribution in [0.4, 0.5) is 4.39 Å². The van der Waals surface area contributed by atoms with Crippen LogP contribution in [0.15, 0.2) is 30.5 Å². The van der Waals surface area contributed by atoms with Gasteiger partial charge >= 0.3 is 0 Å². The molecule has 1 fully saturated rings. The van der Waals surface area contributed by atoms with Crippen LogP contribution >= 0.6 is 0 Å². The summed E-state index contributed by atoms with van der Waals surface area (Å²) in [4.78, 5) is 14.5. The number of hydrogen-bond donors (Lipinski definition) is 2.